The number of esters is 2. The Morgan fingerprint density at radius 1 is 0.585 bits per heavy atom. The molecule has 12 heteroatoms. The molecule has 0 fully saturated rings. The standard InChI is InChI=1S/C41H76NO10P/c1-3-5-7-9-11-13-15-17-19-21-22-24-26-28-30-32-39(43)49-34-37(35-50-53(47,48)51-36-38(42)41(45)46)52-40(44)33-31-29-27-25-23-20-18-16-14-12-10-8-6-4-2/h13,15,17,19,37-38H,3-12,14,16,18,20-36,42H2,1-2H3,(H,45,46)(H,47,48)/b15-13+,19-17+/t37-,38+/m1/s1. The van der Waals surface area contributed by atoms with Crippen LogP contribution in [0.1, 0.15) is 187 Å². The van der Waals surface area contributed by atoms with Crippen molar-refractivity contribution in [3.05, 3.63) is 24.3 Å². The number of carbonyl (C=O) groups excluding carboxylic acids is 2. The van der Waals surface area contributed by atoms with Gasteiger partial charge >= 0.3 is 25.7 Å². The van der Waals surface area contributed by atoms with Crippen LogP contribution in [0.3, 0.4) is 0 Å². The summed E-state index contributed by atoms with van der Waals surface area (Å²) in [5, 5.41) is 8.87. The molecule has 0 rings (SSSR count). The van der Waals surface area contributed by atoms with Crippen LogP contribution in [-0.2, 0) is 37.5 Å². The van der Waals surface area contributed by atoms with Crippen LogP contribution >= 0.6 is 7.82 Å². The first-order valence-corrected chi connectivity index (χ1v) is 22.4. The van der Waals surface area contributed by atoms with Crippen molar-refractivity contribution in [3.63, 3.8) is 0 Å². The number of hydrogen-bond acceptors (Lipinski definition) is 9. The summed E-state index contributed by atoms with van der Waals surface area (Å²) in [6.45, 7) is 2.77. The number of carboxylic acids is 1. The molecule has 0 bridgehead atoms. The molecule has 0 aliphatic rings. The van der Waals surface area contributed by atoms with Gasteiger partial charge in [-0.05, 0) is 38.5 Å². The fraction of sp³-hybridized carbons (Fsp3) is 0.829. The van der Waals surface area contributed by atoms with Gasteiger partial charge in [0.1, 0.15) is 12.6 Å². The van der Waals surface area contributed by atoms with Gasteiger partial charge in [-0.2, -0.15) is 0 Å². The van der Waals surface area contributed by atoms with Gasteiger partial charge in [-0.25, -0.2) is 4.57 Å². The van der Waals surface area contributed by atoms with Gasteiger partial charge in [0.2, 0.25) is 0 Å². The van der Waals surface area contributed by atoms with Crippen molar-refractivity contribution < 1.29 is 47.5 Å². The molecule has 0 saturated carbocycles. The number of allylic oxidation sites excluding steroid dienone is 4. The second kappa shape index (κ2) is 36.9. The minimum absolute atomic E-state index is 0.162. The largest absolute Gasteiger partial charge is 0.480 e. The molecule has 0 amide bonds. The molecule has 0 spiro atoms. The van der Waals surface area contributed by atoms with Crippen molar-refractivity contribution in [1.29, 1.82) is 0 Å². The zero-order chi connectivity index (χ0) is 39.3. The summed E-state index contributed by atoms with van der Waals surface area (Å²) in [5.74, 6) is -2.39. The lowest BCUT2D eigenvalue weighted by Crippen LogP contribution is -2.34. The van der Waals surface area contributed by atoms with Crippen LogP contribution in [0.15, 0.2) is 24.3 Å². The van der Waals surface area contributed by atoms with Crippen LogP contribution in [0.4, 0.5) is 0 Å². The van der Waals surface area contributed by atoms with E-state index in [1.165, 1.54) is 89.9 Å². The minimum Gasteiger partial charge on any atom is -0.480 e. The van der Waals surface area contributed by atoms with E-state index in [4.69, 9.17) is 24.8 Å². The number of ether oxygens (including phenoxy) is 2. The van der Waals surface area contributed by atoms with E-state index in [0.717, 1.165) is 57.8 Å². The van der Waals surface area contributed by atoms with E-state index in [9.17, 15) is 23.8 Å². The summed E-state index contributed by atoms with van der Waals surface area (Å²) in [6, 6.07) is -1.52. The van der Waals surface area contributed by atoms with Gasteiger partial charge in [0.15, 0.2) is 6.10 Å². The highest BCUT2D eigenvalue weighted by molar-refractivity contribution is 7.47. The van der Waals surface area contributed by atoms with Crippen molar-refractivity contribution in [2.45, 2.75) is 199 Å². The molecule has 0 saturated heterocycles. The normalized spacial score (nSPS) is 14.0. The van der Waals surface area contributed by atoms with E-state index in [-0.39, 0.29) is 19.4 Å². The lowest BCUT2D eigenvalue weighted by molar-refractivity contribution is -0.161. The van der Waals surface area contributed by atoms with E-state index in [0.29, 0.717) is 12.8 Å². The SMILES string of the molecule is CCCCCC/C=C/C=C/CCCCCCCC(=O)OC[C@H](COP(=O)(O)OC[C@H](N)C(=O)O)OC(=O)CCCCCCCCCCCCCCCC. The third kappa shape index (κ3) is 36.7. The summed E-state index contributed by atoms with van der Waals surface area (Å²) in [6.07, 6.45) is 36.7. The fourth-order valence-electron chi connectivity index (χ4n) is 5.64. The van der Waals surface area contributed by atoms with E-state index in [1.54, 1.807) is 0 Å². The van der Waals surface area contributed by atoms with Crippen molar-refractivity contribution in [2.24, 2.45) is 5.73 Å². The molecule has 0 aliphatic carbocycles. The van der Waals surface area contributed by atoms with Crippen LogP contribution in [0.25, 0.3) is 0 Å². The van der Waals surface area contributed by atoms with E-state index in [1.807, 2.05) is 0 Å². The van der Waals surface area contributed by atoms with Crippen LogP contribution < -0.4 is 5.73 Å². The highest BCUT2D eigenvalue weighted by atomic mass is 31.2. The Morgan fingerprint density at radius 2 is 0.981 bits per heavy atom. The predicted molar refractivity (Wildman–Crippen MR) is 212 cm³/mol. The second-order valence-corrected chi connectivity index (χ2v) is 15.6. The van der Waals surface area contributed by atoms with Gasteiger partial charge in [0.25, 0.3) is 0 Å². The molecule has 0 aromatic rings. The summed E-state index contributed by atoms with van der Waals surface area (Å²) in [7, 11) is -4.71. The lowest BCUT2D eigenvalue weighted by atomic mass is 10.0. The number of phosphoric ester groups is 1. The van der Waals surface area contributed by atoms with Crippen LogP contribution in [0.2, 0.25) is 0 Å². The van der Waals surface area contributed by atoms with Crippen molar-refractivity contribution in [2.75, 3.05) is 19.8 Å². The topological polar surface area (TPSA) is 172 Å². The quantitative estimate of drug-likeness (QED) is 0.0235. The Bertz CT molecular complexity index is 1010. The Kier molecular flexibility index (Phi) is 35.5. The van der Waals surface area contributed by atoms with Gasteiger partial charge in [-0.15, -0.1) is 0 Å². The molecule has 11 nitrogen and oxygen atoms in total. The Morgan fingerprint density at radius 3 is 1.45 bits per heavy atom. The molecule has 1 unspecified atom stereocenters. The first kappa shape index (κ1) is 51.0. The van der Waals surface area contributed by atoms with Crippen molar-refractivity contribution >= 4 is 25.7 Å². The molecule has 3 atom stereocenters. The number of carboxylic acid groups (broad SMARTS) is 1. The van der Waals surface area contributed by atoms with E-state index < -0.39 is 51.1 Å². The van der Waals surface area contributed by atoms with Gasteiger partial charge in [-0.3, -0.25) is 23.4 Å². The van der Waals surface area contributed by atoms with Crippen molar-refractivity contribution in [1.82, 2.24) is 0 Å². The summed E-state index contributed by atoms with van der Waals surface area (Å²) < 4.78 is 32.6. The molecule has 0 aromatic carbocycles. The summed E-state index contributed by atoms with van der Waals surface area (Å²) >= 11 is 0. The molecular formula is C41H76NO10P. The summed E-state index contributed by atoms with van der Waals surface area (Å²) in [5.41, 5.74) is 5.32. The van der Waals surface area contributed by atoms with Crippen LogP contribution in [0, 0.1) is 0 Å². The predicted octanol–water partition coefficient (Wildman–Crippen LogP) is 10.7. The third-order valence-electron chi connectivity index (χ3n) is 8.98. The van der Waals surface area contributed by atoms with Gasteiger partial charge < -0.3 is 25.2 Å². The Hall–Kier alpha value is -2.04. The molecule has 0 heterocycles. The fourth-order valence-corrected chi connectivity index (χ4v) is 6.42. The molecule has 4 N–H and O–H groups in total. The maximum atomic E-state index is 12.6. The zero-order valence-electron chi connectivity index (χ0n) is 33.4. The highest BCUT2D eigenvalue weighted by Gasteiger charge is 2.28. The molecule has 0 aromatic heterocycles. The molecule has 0 aliphatic heterocycles. The third-order valence-corrected chi connectivity index (χ3v) is 9.93. The Balaban J connectivity index is 4.40. The van der Waals surface area contributed by atoms with Gasteiger partial charge in [-0.1, -0.05) is 160 Å². The van der Waals surface area contributed by atoms with Crippen LogP contribution in [-0.4, -0.2) is 59.9 Å². The van der Waals surface area contributed by atoms with E-state index in [2.05, 4.69) is 42.7 Å². The molecule has 310 valence electrons. The van der Waals surface area contributed by atoms with Crippen molar-refractivity contribution in [3.8, 4) is 0 Å². The first-order valence-electron chi connectivity index (χ1n) is 20.9. The average molecular weight is 774 g/mol. The number of phosphoric acid groups is 1. The lowest BCUT2D eigenvalue weighted by Gasteiger charge is -2.20. The first-order chi connectivity index (χ1) is 25.6. The van der Waals surface area contributed by atoms with E-state index >= 15 is 0 Å². The minimum atomic E-state index is -4.71. The highest BCUT2D eigenvalue weighted by Crippen LogP contribution is 2.43. The monoisotopic (exact) mass is 774 g/mol. The molecular weight excluding hydrogens is 697 g/mol. The zero-order valence-corrected chi connectivity index (χ0v) is 34.3. The number of nitrogens with two attached hydrogens (primary N) is 1. The second-order valence-electron chi connectivity index (χ2n) is 14.2. The van der Waals surface area contributed by atoms with Crippen LogP contribution in [0.5, 0.6) is 0 Å². The summed E-state index contributed by atoms with van der Waals surface area (Å²) in [4.78, 5) is 45.9. The maximum Gasteiger partial charge on any atom is 0.472 e. The average Bonchev–Trinajstić information content (AvgIpc) is 3.13. The smallest absolute Gasteiger partial charge is 0.472 e. The maximum absolute atomic E-state index is 12.6. The van der Waals surface area contributed by atoms with Gasteiger partial charge in [0, 0.05) is 12.8 Å². The number of rotatable bonds is 39. The molecule has 0 radical (unpaired) electrons. The number of carbonyl (C=O) groups is 3. The number of aliphatic carboxylic acids is 1. The number of unbranched alkanes of at least 4 members (excludes halogenated alkanes) is 22. The molecule has 53 heavy (non-hydrogen) atoms. The number of hydrogen-bond donors (Lipinski definition) is 3. The van der Waals surface area contributed by atoms with Gasteiger partial charge in [0.05, 0.1) is 13.2 Å². The Labute approximate surface area is 321 Å².